The maximum absolute atomic E-state index is 5.85. The molecule has 2 rings (SSSR count). The van der Waals surface area contributed by atoms with Gasteiger partial charge in [0.2, 0.25) is 0 Å². The summed E-state index contributed by atoms with van der Waals surface area (Å²) in [6.07, 6.45) is 11.2. The second-order valence-corrected chi connectivity index (χ2v) is 7.49. The lowest BCUT2D eigenvalue weighted by Crippen LogP contribution is -2.44. The molecular formula is C15H30N2S. The third kappa shape index (κ3) is 4.14. The highest BCUT2D eigenvalue weighted by Crippen LogP contribution is 2.36. The molecule has 0 radical (unpaired) electrons. The van der Waals surface area contributed by atoms with Gasteiger partial charge in [0.1, 0.15) is 0 Å². The Kier molecular flexibility index (Phi) is 6.33. The predicted molar refractivity (Wildman–Crippen MR) is 81.5 cm³/mol. The average Bonchev–Trinajstić information content (AvgIpc) is 2.46. The van der Waals surface area contributed by atoms with Gasteiger partial charge in [-0.3, -0.25) is 11.3 Å². The Morgan fingerprint density at radius 1 is 1.17 bits per heavy atom. The molecule has 0 spiro atoms. The second-order valence-electron chi connectivity index (χ2n) is 6.27. The molecule has 2 nitrogen and oxygen atoms in total. The average molecular weight is 270 g/mol. The van der Waals surface area contributed by atoms with Crippen LogP contribution in [-0.2, 0) is 0 Å². The first-order valence-electron chi connectivity index (χ1n) is 7.87. The molecule has 1 heterocycles. The van der Waals surface area contributed by atoms with E-state index in [1.165, 1.54) is 62.9 Å². The van der Waals surface area contributed by atoms with Gasteiger partial charge in [-0.15, -0.1) is 0 Å². The molecule has 2 aliphatic rings. The van der Waals surface area contributed by atoms with Gasteiger partial charge in [0.05, 0.1) is 0 Å². The van der Waals surface area contributed by atoms with E-state index < -0.39 is 0 Å². The zero-order valence-electron chi connectivity index (χ0n) is 11.9. The van der Waals surface area contributed by atoms with Crippen LogP contribution >= 0.6 is 11.8 Å². The topological polar surface area (TPSA) is 38.0 Å². The molecule has 0 aromatic rings. The molecule has 1 saturated heterocycles. The van der Waals surface area contributed by atoms with Crippen molar-refractivity contribution in [3.63, 3.8) is 0 Å². The van der Waals surface area contributed by atoms with Crippen molar-refractivity contribution >= 4 is 11.8 Å². The van der Waals surface area contributed by atoms with Crippen molar-refractivity contribution < 1.29 is 0 Å². The predicted octanol–water partition coefficient (Wildman–Crippen LogP) is 3.57. The minimum absolute atomic E-state index is 0.576. The highest BCUT2D eigenvalue weighted by atomic mass is 32.2. The molecule has 2 fully saturated rings. The lowest BCUT2D eigenvalue weighted by molar-refractivity contribution is 0.186. The van der Waals surface area contributed by atoms with Crippen LogP contribution in [0.4, 0.5) is 0 Å². The summed E-state index contributed by atoms with van der Waals surface area (Å²) in [6.45, 7) is 2.34. The Hall–Kier alpha value is 0.270. The van der Waals surface area contributed by atoms with Crippen molar-refractivity contribution in [2.75, 3.05) is 11.5 Å². The standard InChI is InChI=1S/C15H30N2S/c1-2-12-4-3-5-14(10-12)15(17-16)11-13-6-8-18-9-7-13/h12-15,17H,2-11,16H2,1H3. The molecule has 106 valence electrons. The fourth-order valence-corrected chi connectivity index (χ4v) is 5.01. The normalized spacial score (nSPS) is 32.3. The molecule has 3 N–H and O–H groups in total. The Labute approximate surface area is 117 Å². The van der Waals surface area contributed by atoms with Crippen LogP contribution in [0.15, 0.2) is 0 Å². The number of hydrogen-bond acceptors (Lipinski definition) is 3. The number of hydrazine groups is 1. The van der Waals surface area contributed by atoms with Crippen molar-refractivity contribution in [2.45, 2.75) is 64.3 Å². The van der Waals surface area contributed by atoms with Crippen LogP contribution in [-0.4, -0.2) is 17.5 Å². The fourth-order valence-electron chi connectivity index (χ4n) is 3.81. The Morgan fingerprint density at radius 2 is 1.94 bits per heavy atom. The molecule has 1 aliphatic heterocycles. The van der Waals surface area contributed by atoms with Crippen molar-refractivity contribution in [3.8, 4) is 0 Å². The lowest BCUT2D eigenvalue weighted by Gasteiger charge is -2.36. The van der Waals surface area contributed by atoms with E-state index in [2.05, 4.69) is 24.1 Å². The summed E-state index contributed by atoms with van der Waals surface area (Å²) in [5.41, 5.74) is 3.16. The molecule has 1 aliphatic carbocycles. The van der Waals surface area contributed by atoms with E-state index in [9.17, 15) is 0 Å². The Morgan fingerprint density at radius 3 is 2.61 bits per heavy atom. The summed E-state index contributed by atoms with van der Waals surface area (Å²) in [4.78, 5) is 0. The van der Waals surface area contributed by atoms with E-state index in [0.29, 0.717) is 6.04 Å². The third-order valence-electron chi connectivity index (χ3n) is 5.11. The van der Waals surface area contributed by atoms with Gasteiger partial charge < -0.3 is 0 Å². The molecule has 3 unspecified atom stereocenters. The lowest BCUT2D eigenvalue weighted by atomic mass is 9.74. The minimum Gasteiger partial charge on any atom is -0.271 e. The van der Waals surface area contributed by atoms with E-state index >= 15 is 0 Å². The maximum Gasteiger partial charge on any atom is 0.0241 e. The molecule has 3 atom stereocenters. The number of nitrogens with one attached hydrogen (secondary N) is 1. The van der Waals surface area contributed by atoms with E-state index in [-0.39, 0.29) is 0 Å². The molecular weight excluding hydrogens is 240 g/mol. The SMILES string of the molecule is CCC1CCCC(C(CC2CCSCC2)NN)C1. The first-order chi connectivity index (χ1) is 8.83. The molecule has 0 bridgehead atoms. The van der Waals surface area contributed by atoms with Crippen molar-refractivity contribution in [2.24, 2.45) is 23.6 Å². The first kappa shape index (κ1) is 14.7. The van der Waals surface area contributed by atoms with Gasteiger partial charge in [0.25, 0.3) is 0 Å². The molecule has 18 heavy (non-hydrogen) atoms. The number of nitrogens with two attached hydrogens (primary N) is 1. The van der Waals surface area contributed by atoms with Gasteiger partial charge in [-0.05, 0) is 61.4 Å². The monoisotopic (exact) mass is 270 g/mol. The number of thioether (sulfide) groups is 1. The van der Waals surface area contributed by atoms with E-state index in [1.54, 1.807) is 0 Å². The van der Waals surface area contributed by atoms with E-state index in [0.717, 1.165) is 17.8 Å². The minimum atomic E-state index is 0.576. The van der Waals surface area contributed by atoms with Crippen LogP contribution in [0, 0.1) is 17.8 Å². The third-order valence-corrected chi connectivity index (χ3v) is 6.16. The highest BCUT2D eigenvalue weighted by molar-refractivity contribution is 7.99. The Balaban J connectivity index is 1.82. The van der Waals surface area contributed by atoms with Gasteiger partial charge in [-0.2, -0.15) is 11.8 Å². The van der Waals surface area contributed by atoms with Crippen molar-refractivity contribution in [1.82, 2.24) is 5.43 Å². The van der Waals surface area contributed by atoms with Crippen molar-refractivity contribution in [3.05, 3.63) is 0 Å². The number of rotatable bonds is 5. The molecule has 3 heteroatoms. The van der Waals surface area contributed by atoms with Crippen LogP contribution in [0.25, 0.3) is 0 Å². The smallest absolute Gasteiger partial charge is 0.0241 e. The van der Waals surface area contributed by atoms with Gasteiger partial charge in [0, 0.05) is 6.04 Å². The van der Waals surface area contributed by atoms with Gasteiger partial charge >= 0.3 is 0 Å². The molecule has 0 amide bonds. The van der Waals surface area contributed by atoms with Gasteiger partial charge in [-0.1, -0.05) is 26.2 Å². The van der Waals surface area contributed by atoms with Gasteiger partial charge in [-0.25, -0.2) is 0 Å². The van der Waals surface area contributed by atoms with Crippen LogP contribution in [0.3, 0.4) is 0 Å². The van der Waals surface area contributed by atoms with Crippen LogP contribution < -0.4 is 11.3 Å². The maximum atomic E-state index is 5.85. The molecule has 0 aromatic carbocycles. The summed E-state index contributed by atoms with van der Waals surface area (Å²) in [6, 6.07) is 0.576. The quantitative estimate of drug-likeness (QED) is 0.592. The summed E-state index contributed by atoms with van der Waals surface area (Å²) in [5, 5.41) is 0. The Bertz CT molecular complexity index is 229. The van der Waals surface area contributed by atoms with E-state index in [1.807, 2.05) is 0 Å². The summed E-state index contributed by atoms with van der Waals surface area (Å²) < 4.78 is 0. The van der Waals surface area contributed by atoms with Crippen molar-refractivity contribution in [1.29, 1.82) is 0 Å². The number of hydrogen-bond donors (Lipinski definition) is 2. The largest absolute Gasteiger partial charge is 0.271 e. The zero-order chi connectivity index (χ0) is 12.8. The highest BCUT2D eigenvalue weighted by Gasteiger charge is 2.29. The molecule has 1 saturated carbocycles. The summed E-state index contributed by atoms with van der Waals surface area (Å²) >= 11 is 2.12. The molecule has 0 aromatic heterocycles. The van der Waals surface area contributed by atoms with Crippen LogP contribution in [0.2, 0.25) is 0 Å². The fraction of sp³-hybridized carbons (Fsp3) is 1.00. The summed E-state index contributed by atoms with van der Waals surface area (Å²) in [7, 11) is 0. The van der Waals surface area contributed by atoms with Crippen LogP contribution in [0.1, 0.15) is 58.3 Å². The zero-order valence-corrected chi connectivity index (χ0v) is 12.7. The first-order valence-corrected chi connectivity index (χ1v) is 9.02. The van der Waals surface area contributed by atoms with Crippen LogP contribution in [0.5, 0.6) is 0 Å². The van der Waals surface area contributed by atoms with Gasteiger partial charge in [0.15, 0.2) is 0 Å². The van der Waals surface area contributed by atoms with E-state index in [4.69, 9.17) is 5.84 Å². The summed E-state index contributed by atoms with van der Waals surface area (Å²) in [5.74, 6) is 11.3. The second kappa shape index (κ2) is 7.76.